The maximum atomic E-state index is 6.36. The van der Waals surface area contributed by atoms with E-state index in [9.17, 15) is 0 Å². The van der Waals surface area contributed by atoms with Crippen molar-refractivity contribution in [1.82, 2.24) is 9.07 Å². The zero-order chi connectivity index (χ0) is 18.6. The Hall–Kier alpha value is -2.98. The van der Waals surface area contributed by atoms with Crippen LogP contribution < -0.4 is 9.64 Å². The summed E-state index contributed by atoms with van der Waals surface area (Å²) in [6.07, 6.45) is 3.70. The van der Waals surface area contributed by atoms with Gasteiger partial charge in [-0.2, -0.15) is 0 Å². The second-order valence-electron chi connectivity index (χ2n) is 6.27. The number of benzene rings is 2. The normalized spacial score (nSPS) is 10.9. The van der Waals surface area contributed by atoms with Gasteiger partial charge in [0.25, 0.3) is 0 Å². The molecule has 0 unspecified atom stereocenters. The van der Waals surface area contributed by atoms with Crippen molar-refractivity contribution in [2.24, 2.45) is 0 Å². The smallest absolute Gasteiger partial charge is 0.219 e. The van der Waals surface area contributed by atoms with Gasteiger partial charge in [-0.25, -0.2) is 4.98 Å². The number of aromatic nitrogens is 2. The van der Waals surface area contributed by atoms with Gasteiger partial charge in [-0.3, -0.25) is 4.09 Å². The lowest BCUT2D eigenvalue weighted by molar-refractivity contribution is 0.462. The highest BCUT2D eigenvalue weighted by Gasteiger charge is 2.13. The Bertz CT molecular complexity index is 1050. The second-order valence-corrected chi connectivity index (χ2v) is 6.64. The first-order chi connectivity index (χ1) is 13.2. The molecule has 0 aliphatic heterocycles. The summed E-state index contributed by atoms with van der Waals surface area (Å²) in [6.45, 7) is 3.78. The van der Waals surface area contributed by atoms with E-state index in [0.29, 0.717) is 5.88 Å². The highest BCUT2D eigenvalue weighted by atomic mass is 35.5. The SMILES string of the molecule is CCN(Cc1cccc(Oc2ccccn2)c1)c1cn(Cl)c2ccccc12. The van der Waals surface area contributed by atoms with E-state index in [-0.39, 0.29) is 0 Å². The Morgan fingerprint density at radius 3 is 2.70 bits per heavy atom. The highest BCUT2D eigenvalue weighted by molar-refractivity contribution is 6.20. The molecule has 0 aliphatic rings. The first-order valence-electron chi connectivity index (χ1n) is 8.93. The summed E-state index contributed by atoms with van der Waals surface area (Å²) >= 11 is 6.36. The van der Waals surface area contributed by atoms with Gasteiger partial charge in [-0.15, -0.1) is 0 Å². The van der Waals surface area contributed by atoms with Crippen molar-refractivity contribution in [2.45, 2.75) is 13.5 Å². The molecule has 0 fully saturated rings. The lowest BCUT2D eigenvalue weighted by Gasteiger charge is -2.22. The average molecular weight is 378 g/mol. The molecule has 0 amide bonds. The van der Waals surface area contributed by atoms with Gasteiger partial charge in [0.2, 0.25) is 5.88 Å². The predicted octanol–water partition coefficient (Wildman–Crippen LogP) is 5.86. The van der Waals surface area contributed by atoms with Crippen LogP contribution in [-0.2, 0) is 6.54 Å². The van der Waals surface area contributed by atoms with Gasteiger partial charge in [-0.05, 0) is 36.8 Å². The Labute approximate surface area is 163 Å². The third kappa shape index (κ3) is 3.76. The molecule has 0 aliphatic carbocycles. The standard InChI is InChI=1S/C22H20ClN3O/c1-2-25(21-16-26(23)20-11-4-3-10-19(20)21)15-17-8-7-9-18(14-17)27-22-12-5-6-13-24-22/h3-14,16H,2,15H2,1H3. The van der Waals surface area contributed by atoms with Crippen LogP contribution in [-0.4, -0.2) is 15.6 Å². The van der Waals surface area contributed by atoms with Crippen LogP contribution in [0.5, 0.6) is 11.6 Å². The first-order valence-corrected chi connectivity index (χ1v) is 9.27. The number of nitrogens with zero attached hydrogens (tertiary/aromatic N) is 3. The number of pyridine rings is 1. The van der Waals surface area contributed by atoms with Crippen molar-refractivity contribution in [3.05, 3.63) is 84.7 Å². The summed E-state index contributed by atoms with van der Waals surface area (Å²) in [7, 11) is 0. The molecule has 0 saturated heterocycles. The van der Waals surface area contributed by atoms with Crippen molar-refractivity contribution in [3.63, 3.8) is 0 Å². The molecule has 4 nitrogen and oxygen atoms in total. The molecule has 0 atom stereocenters. The molecule has 2 heterocycles. The quantitative estimate of drug-likeness (QED) is 0.421. The predicted molar refractivity (Wildman–Crippen MR) is 111 cm³/mol. The van der Waals surface area contributed by atoms with E-state index in [4.69, 9.17) is 16.5 Å². The number of para-hydroxylation sites is 1. The van der Waals surface area contributed by atoms with Gasteiger partial charge in [-0.1, -0.05) is 36.4 Å². The summed E-state index contributed by atoms with van der Waals surface area (Å²) < 4.78 is 7.52. The summed E-state index contributed by atoms with van der Waals surface area (Å²) in [6, 6.07) is 21.9. The Morgan fingerprint density at radius 2 is 1.89 bits per heavy atom. The molecule has 0 spiro atoms. The van der Waals surface area contributed by atoms with Crippen molar-refractivity contribution in [1.29, 1.82) is 0 Å². The van der Waals surface area contributed by atoms with Crippen molar-refractivity contribution >= 4 is 28.4 Å². The number of hydrogen-bond donors (Lipinski definition) is 0. The topological polar surface area (TPSA) is 30.3 Å². The van der Waals surface area contributed by atoms with Crippen molar-refractivity contribution in [2.75, 3.05) is 11.4 Å². The number of hydrogen-bond acceptors (Lipinski definition) is 3. The van der Waals surface area contributed by atoms with E-state index in [0.717, 1.165) is 41.0 Å². The minimum Gasteiger partial charge on any atom is -0.439 e. The number of halogens is 1. The van der Waals surface area contributed by atoms with Crippen LogP contribution in [0.1, 0.15) is 12.5 Å². The third-order valence-electron chi connectivity index (χ3n) is 4.50. The zero-order valence-corrected chi connectivity index (χ0v) is 15.8. The fourth-order valence-corrected chi connectivity index (χ4v) is 3.44. The number of rotatable bonds is 6. The average Bonchev–Trinajstić information content (AvgIpc) is 3.04. The molecule has 2 aromatic carbocycles. The van der Waals surface area contributed by atoms with Crippen LogP contribution in [0.2, 0.25) is 0 Å². The maximum absolute atomic E-state index is 6.36. The van der Waals surface area contributed by atoms with Gasteiger partial charge in [0.05, 0.1) is 11.2 Å². The molecule has 4 rings (SSSR count). The Kier molecular flexibility index (Phi) is 4.99. The minimum absolute atomic E-state index is 0.590. The van der Waals surface area contributed by atoms with Crippen molar-refractivity contribution < 1.29 is 4.74 Å². The number of ether oxygens (including phenoxy) is 1. The van der Waals surface area contributed by atoms with Crippen LogP contribution in [0.25, 0.3) is 10.9 Å². The Morgan fingerprint density at radius 1 is 1.04 bits per heavy atom. The van der Waals surface area contributed by atoms with Crippen LogP contribution in [0.15, 0.2) is 79.1 Å². The minimum atomic E-state index is 0.590. The van der Waals surface area contributed by atoms with E-state index in [2.05, 4.69) is 35.0 Å². The molecule has 27 heavy (non-hydrogen) atoms. The highest BCUT2D eigenvalue weighted by Crippen LogP contribution is 2.31. The molecular formula is C22H20ClN3O. The maximum Gasteiger partial charge on any atom is 0.219 e. The van der Waals surface area contributed by atoms with E-state index < -0.39 is 0 Å². The van der Waals surface area contributed by atoms with Crippen molar-refractivity contribution in [3.8, 4) is 11.6 Å². The van der Waals surface area contributed by atoms with Crippen LogP contribution in [0.4, 0.5) is 5.69 Å². The van der Waals surface area contributed by atoms with E-state index in [1.165, 1.54) is 0 Å². The molecule has 4 aromatic rings. The summed E-state index contributed by atoms with van der Waals surface area (Å²) in [4.78, 5) is 6.52. The fraction of sp³-hybridized carbons (Fsp3) is 0.136. The molecule has 136 valence electrons. The fourth-order valence-electron chi connectivity index (χ4n) is 3.20. The Balaban J connectivity index is 1.59. The molecule has 2 aromatic heterocycles. The van der Waals surface area contributed by atoms with Crippen LogP contribution in [0, 0.1) is 0 Å². The van der Waals surface area contributed by atoms with Gasteiger partial charge < -0.3 is 9.64 Å². The van der Waals surface area contributed by atoms with Crippen LogP contribution >= 0.6 is 11.8 Å². The summed E-state index contributed by atoms with van der Waals surface area (Å²) in [5.41, 5.74) is 3.30. The number of fused-ring (bicyclic) bond motifs is 1. The monoisotopic (exact) mass is 377 g/mol. The van der Waals surface area contributed by atoms with Crippen LogP contribution in [0.3, 0.4) is 0 Å². The summed E-state index contributed by atoms with van der Waals surface area (Å²) in [5.74, 6) is 1.37. The lowest BCUT2D eigenvalue weighted by atomic mass is 10.1. The van der Waals surface area contributed by atoms with Gasteiger partial charge in [0.1, 0.15) is 5.75 Å². The largest absolute Gasteiger partial charge is 0.439 e. The molecule has 0 radical (unpaired) electrons. The zero-order valence-electron chi connectivity index (χ0n) is 15.0. The third-order valence-corrected chi connectivity index (χ3v) is 4.78. The van der Waals surface area contributed by atoms with E-state index >= 15 is 0 Å². The van der Waals surface area contributed by atoms with Gasteiger partial charge >= 0.3 is 0 Å². The molecule has 5 heteroatoms. The molecule has 0 saturated carbocycles. The molecule has 0 N–H and O–H groups in total. The van der Waals surface area contributed by atoms with Gasteiger partial charge in [0.15, 0.2) is 0 Å². The van der Waals surface area contributed by atoms with E-state index in [1.54, 1.807) is 10.3 Å². The lowest BCUT2D eigenvalue weighted by Crippen LogP contribution is -2.21. The second kappa shape index (κ2) is 7.72. The summed E-state index contributed by atoms with van der Waals surface area (Å²) in [5, 5.41) is 1.15. The van der Waals surface area contributed by atoms with Gasteiger partial charge in [0, 0.05) is 48.7 Å². The molecular weight excluding hydrogens is 358 g/mol. The molecule has 0 bridgehead atoms. The van der Waals surface area contributed by atoms with E-state index in [1.807, 2.05) is 54.7 Å². The first kappa shape index (κ1) is 17.4. The number of anilines is 1.